The van der Waals surface area contributed by atoms with Gasteiger partial charge in [-0.25, -0.2) is 13.1 Å². The lowest BCUT2D eigenvalue weighted by atomic mass is 9.94. The van der Waals surface area contributed by atoms with Crippen LogP contribution in [0.3, 0.4) is 0 Å². The predicted molar refractivity (Wildman–Crippen MR) is 180 cm³/mol. The molecule has 0 aromatic heterocycles. The summed E-state index contributed by atoms with van der Waals surface area (Å²) in [6.07, 6.45) is 7.05. The molecular formula is C35H46N2O6SSi. The Morgan fingerprint density at radius 2 is 1.38 bits per heavy atom. The smallest absolute Gasteiger partial charge is 0.377 e. The molecule has 2 N–H and O–H groups in total. The van der Waals surface area contributed by atoms with Gasteiger partial charge >= 0.3 is 8.80 Å². The molecule has 0 radical (unpaired) electrons. The van der Waals surface area contributed by atoms with Crippen LogP contribution >= 0.6 is 0 Å². The van der Waals surface area contributed by atoms with Gasteiger partial charge < -0.3 is 23.3 Å². The van der Waals surface area contributed by atoms with Gasteiger partial charge in [-0.05, 0) is 60.6 Å². The zero-order valence-corrected chi connectivity index (χ0v) is 28.5. The molecule has 0 heterocycles. The van der Waals surface area contributed by atoms with Gasteiger partial charge in [0, 0.05) is 33.9 Å². The normalized spacial score (nSPS) is 15.3. The van der Waals surface area contributed by atoms with Crippen molar-refractivity contribution in [1.82, 2.24) is 10.0 Å². The van der Waals surface area contributed by atoms with E-state index >= 15 is 0 Å². The Kier molecular flexibility index (Phi) is 13.3. The quantitative estimate of drug-likeness (QED) is 0.0971. The maximum Gasteiger partial charge on any atom is 0.500 e. The number of ether oxygens (including phenoxy) is 1. The third-order valence-electron chi connectivity index (χ3n) is 8.14. The van der Waals surface area contributed by atoms with Crippen LogP contribution in [-0.2, 0) is 34.5 Å². The fourth-order valence-electron chi connectivity index (χ4n) is 5.39. The van der Waals surface area contributed by atoms with Crippen molar-refractivity contribution in [2.75, 3.05) is 41.1 Å². The highest BCUT2D eigenvalue weighted by atomic mass is 32.2. The average molecular weight is 651 g/mol. The maximum atomic E-state index is 13.9. The van der Waals surface area contributed by atoms with Gasteiger partial charge in [0.25, 0.3) is 0 Å². The van der Waals surface area contributed by atoms with Crippen LogP contribution in [0.25, 0.3) is 0 Å². The number of nitrogens with one attached hydrogen (secondary N) is 2. The maximum absolute atomic E-state index is 13.9. The monoisotopic (exact) mass is 650 g/mol. The molecule has 0 amide bonds. The van der Waals surface area contributed by atoms with Crippen molar-refractivity contribution in [3.05, 3.63) is 125 Å². The first-order chi connectivity index (χ1) is 21.8. The van der Waals surface area contributed by atoms with Gasteiger partial charge in [-0.2, -0.15) is 0 Å². The van der Waals surface area contributed by atoms with Crippen LogP contribution < -0.4 is 10.0 Å². The summed E-state index contributed by atoms with van der Waals surface area (Å²) in [4.78, 5) is 0.195. The Labute approximate surface area is 269 Å². The molecule has 4 rings (SSSR count). The van der Waals surface area contributed by atoms with Gasteiger partial charge in [0.1, 0.15) is 0 Å². The summed E-state index contributed by atoms with van der Waals surface area (Å²) < 4.78 is 53.3. The van der Waals surface area contributed by atoms with Gasteiger partial charge in [-0.1, -0.05) is 90.5 Å². The van der Waals surface area contributed by atoms with E-state index in [4.69, 9.17) is 18.0 Å². The Hall–Kier alpha value is -2.93. The zero-order chi connectivity index (χ0) is 32.1. The highest BCUT2D eigenvalue weighted by Crippen LogP contribution is 2.31. The lowest BCUT2D eigenvalue weighted by Gasteiger charge is -2.30. The van der Waals surface area contributed by atoms with Crippen molar-refractivity contribution in [3.8, 4) is 0 Å². The minimum Gasteiger partial charge on any atom is -0.377 e. The fourth-order valence-corrected chi connectivity index (χ4v) is 8.33. The second-order valence-corrected chi connectivity index (χ2v) is 16.0. The van der Waals surface area contributed by atoms with E-state index in [1.807, 2.05) is 72.8 Å². The Balaban J connectivity index is 1.50. The zero-order valence-electron chi connectivity index (χ0n) is 26.7. The molecule has 3 aromatic carbocycles. The van der Waals surface area contributed by atoms with E-state index in [9.17, 15) is 8.42 Å². The van der Waals surface area contributed by atoms with E-state index in [1.54, 1.807) is 33.5 Å². The molecule has 0 spiro atoms. The van der Waals surface area contributed by atoms with E-state index in [1.165, 1.54) is 11.1 Å². The largest absolute Gasteiger partial charge is 0.500 e. The minimum absolute atomic E-state index is 0.195. The van der Waals surface area contributed by atoms with Gasteiger partial charge in [0.2, 0.25) is 10.0 Å². The molecule has 2 atom stereocenters. The number of aryl methyl sites for hydroxylation is 1. The second-order valence-electron chi connectivity index (χ2n) is 11.2. The van der Waals surface area contributed by atoms with Crippen LogP contribution in [0.1, 0.15) is 48.5 Å². The molecule has 242 valence electrons. The molecule has 0 saturated carbocycles. The molecule has 3 aromatic rings. The van der Waals surface area contributed by atoms with Crippen molar-refractivity contribution in [1.29, 1.82) is 0 Å². The molecule has 2 unspecified atom stereocenters. The van der Waals surface area contributed by atoms with Crippen molar-refractivity contribution >= 4 is 18.8 Å². The highest BCUT2D eigenvalue weighted by molar-refractivity contribution is 7.89. The van der Waals surface area contributed by atoms with Gasteiger partial charge in [-0.15, -0.1) is 0 Å². The van der Waals surface area contributed by atoms with E-state index in [0.29, 0.717) is 32.2 Å². The summed E-state index contributed by atoms with van der Waals surface area (Å²) in [6.45, 7) is 3.79. The van der Waals surface area contributed by atoms with Gasteiger partial charge in [-0.3, -0.25) is 0 Å². The molecule has 0 saturated heterocycles. The lowest BCUT2D eigenvalue weighted by Crippen LogP contribution is -2.43. The lowest BCUT2D eigenvalue weighted by molar-refractivity contribution is 0.123. The highest BCUT2D eigenvalue weighted by Gasteiger charge is 2.37. The summed E-state index contributed by atoms with van der Waals surface area (Å²) in [5, 5.41) is 3.59. The van der Waals surface area contributed by atoms with Gasteiger partial charge in [0.15, 0.2) is 0 Å². The first kappa shape index (κ1) is 34.9. The van der Waals surface area contributed by atoms with Gasteiger partial charge in [0.05, 0.1) is 30.2 Å². The number of hydrogen-bond donors (Lipinski definition) is 2. The SMILES string of the molecule is CO[Si](CCc1ccc(S(=O)(=O)NC(c2ccccc2)C(NCCOCC2=CCC(C)=CC2)c2ccccc2)cc1)(OC)OC. The topological polar surface area (TPSA) is 95.1 Å². The molecule has 8 nitrogen and oxygen atoms in total. The second kappa shape index (κ2) is 17.1. The van der Waals surface area contributed by atoms with Crippen molar-refractivity contribution in [3.63, 3.8) is 0 Å². The molecule has 0 bridgehead atoms. The van der Waals surface area contributed by atoms with Crippen LogP contribution in [0, 0.1) is 0 Å². The van der Waals surface area contributed by atoms with Crippen LogP contribution in [0.15, 0.2) is 113 Å². The van der Waals surface area contributed by atoms with E-state index in [0.717, 1.165) is 29.5 Å². The fraction of sp³-hybridized carbons (Fsp3) is 0.371. The molecular weight excluding hydrogens is 605 g/mol. The van der Waals surface area contributed by atoms with E-state index in [2.05, 4.69) is 29.1 Å². The molecule has 1 aliphatic rings. The summed E-state index contributed by atoms with van der Waals surface area (Å²) in [5.41, 5.74) is 5.48. The molecule has 1 aliphatic carbocycles. The molecule has 45 heavy (non-hydrogen) atoms. The number of rotatable bonds is 18. The van der Waals surface area contributed by atoms with E-state index < -0.39 is 24.9 Å². The minimum atomic E-state index is -3.89. The van der Waals surface area contributed by atoms with Crippen LogP contribution in [-0.4, -0.2) is 58.3 Å². The Bertz CT molecular complexity index is 1490. The third kappa shape index (κ3) is 10.0. The summed E-state index contributed by atoms with van der Waals surface area (Å²) >= 11 is 0. The van der Waals surface area contributed by atoms with Crippen molar-refractivity contribution in [2.45, 2.75) is 49.2 Å². The van der Waals surface area contributed by atoms with Crippen LogP contribution in [0.5, 0.6) is 0 Å². The first-order valence-corrected chi connectivity index (χ1v) is 18.7. The summed E-state index contributed by atoms with van der Waals surface area (Å²) in [7, 11) is -1.87. The third-order valence-corrected chi connectivity index (χ3v) is 12.3. The molecule has 0 fully saturated rings. The average Bonchev–Trinajstić information content (AvgIpc) is 3.08. The number of hydrogen-bond acceptors (Lipinski definition) is 7. The van der Waals surface area contributed by atoms with Crippen molar-refractivity contribution < 1.29 is 26.4 Å². The van der Waals surface area contributed by atoms with Crippen LogP contribution in [0.2, 0.25) is 6.04 Å². The summed E-state index contributed by atoms with van der Waals surface area (Å²) in [6, 6.07) is 26.2. The predicted octanol–water partition coefficient (Wildman–Crippen LogP) is 6.14. The standard InChI is InChI=1S/C35H46N2O6SSi/c1-28-15-17-30(18-16-28)27-43-25-24-36-34(31-11-7-5-8-12-31)35(32-13-9-6-10-14-32)37-44(38,39)33-21-19-29(20-22-33)23-26-45(40-2,41-3)42-4/h5-15,18-22,34-37H,16-17,23-27H2,1-4H3. The van der Waals surface area contributed by atoms with E-state index in [-0.39, 0.29) is 10.9 Å². The van der Waals surface area contributed by atoms with Crippen LogP contribution in [0.4, 0.5) is 0 Å². The molecule has 0 aliphatic heterocycles. The number of allylic oxidation sites excluding steroid dienone is 3. The van der Waals surface area contributed by atoms with Crippen molar-refractivity contribution in [2.24, 2.45) is 0 Å². The first-order valence-electron chi connectivity index (χ1n) is 15.3. The summed E-state index contributed by atoms with van der Waals surface area (Å²) in [5.74, 6) is 0. The Morgan fingerprint density at radius 3 is 1.93 bits per heavy atom. The Morgan fingerprint density at radius 1 is 0.778 bits per heavy atom. The molecule has 10 heteroatoms. The number of benzene rings is 3. The number of sulfonamides is 1.